The third kappa shape index (κ3) is 4.58. The van der Waals surface area contributed by atoms with E-state index in [1.807, 2.05) is 42.5 Å². The Morgan fingerprint density at radius 1 is 0.917 bits per heavy atom. The van der Waals surface area contributed by atoms with Gasteiger partial charge in [0.1, 0.15) is 12.6 Å². The lowest BCUT2D eigenvalue weighted by atomic mass is 10.0. The second kappa shape index (κ2) is 8.13. The van der Waals surface area contributed by atoms with Crippen molar-refractivity contribution in [3.05, 3.63) is 76.0 Å². The minimum Gasteiger partial charge on any atom is -0.633 e. The number of nitrogens with zero attached hydrogens (tertiary/aromatic N) is 1. The fourth-order valence-corrected chi connectivity index (χ4v) is 3.43. The van der Waals surface area contributed by atoms with Gasteiger partial charge in [0.05, 0.1) is 19.7 Å². The van der Waals surface area contributed by atoms with Crippen molar-refractivity contribution >= 4 is 11.6 Å². The molecule has 1 heterocycles. The summed E-state index contributed by atoms with van der Waals surface area (Å²) in [6.07, 6.45) is 3.08. The third-order valence-electron chi connectivity index (χ3n) is 4.69. The van der Waals surface area contributed by atoms with E-state index in [-0.39, 0.29) is 10.8 Å². The minimum absolute atomic E-state index is 0.109. The monoisotopic (exact) mass is 345 g/mol. The Hall–Kier alpha value is -1.39. The Labute approximate surface area is 149 Å². The molecule has 0 spiro atoms. The molecule has 128 valence electrons. The first-order valence-corrected chi connectivity index (χ1v) is 9.03. The first-order chi connectivity index (χ1) is 11.7. The molecule has 1 aliphatic heterocycles. The van der Waals surface area contributed by atoms with Crippen LogP contribution in [0, 0.1) is 5.21 Å². The van der Waals surface area contributed by atoms with Gasteiger partial charge >= 0.3 is 0 Å². The van der Waals surface area contributed by atoms with Crippen LogP contribution in [0.1, 0.15) is 36.5 Å². The smallest absolute Gasteiger partial charge is 0.108 e. The van der Waals surface area contributed by atoms with Gasteiger partial charge in [-0.05, 0) is 42.5 Å². The van der Waals surface area contributed by atoms with Gasteiger partial charge in [-0.15, -0.1) is 0 Å². The van der Waals surface area contributed by atoms with Crippen molar-refractivity contribution in [2.75, 3.05) is 26.2 Å². The van der Waals surface area contributed by atoms with Gasteiger partial charge in [-0.3, -0.25) is 0 Å². The Morgan fingerprint density at radius 3 is 2.21 bits per heavy atom. The maximum Gasteiger partial charge on any atom is 0.108 e. The summed E-state index contributed by atoms with van der Waals surface area (Å²) in [7, 11) is 0. The molecule has 0 aliphatic carbocycles. The van der Waals surface area contributed by atoms with Crippen LogP contribution >= 0.6 is 11.6 Å². The Balaban J connectivity index is 1.69. The van der Waals surface area contributed by atoms with Gasteiger partial charge in [-0.25, -0.2) is 0 Å². The van der Waals surface area contributed by atoms with Crippen LogP contribution in [-0.4, -0.2) is 30.9 Å². The van der Waals surface area contributed by atoms with Crippen LogP contribution in [-0.2, 0) is 4.74 Å². The summed E-state index contributed by atoms with van der Waals surface area (Å²) in [6.45, 7) is 2.43. The average Bonchev–Trinajstić information content (AvgIpc) is 2.61. The van der Waals surface area contributed by atoms with Crippen molar-refractivity contribution in [3.63, 3.8) is 0 Å². The molecule has 1 saturated heterocycles. The van der Waals surface area contributed by atoms with Crippen LogP contribution in [0.4, 0.5) is 0 Å². The number of quaternary nitrogens is 1. The molecule has 0 saturated carbocycles. The number of hydrogen-bond donors (Lipinski definition) is 0. The van der Waals surface area contributed by atoms with Crippen LogP contribution in [0.3, 0.4) is 0 Å². The van der Waals surface area contributed by atoms with E-state index in [1.165, 1.54) is 6.42 Å². The first-order valence-electron chi connectivity index (χ1n) is 8.65. The molecule has 4 heteroatoms. The highest BCUT2D eigenvalue weighted by Gasteiger charge is 2.22. The Morgan fingerprint density at radius 2 is 1.54 bits per heavy atom. The number of ether oxygens (including phenoxy) is 1. The third-order valence-corrected chi connectivity index (χ3v) is 4.94. The molecule has 1 aliphatic rings. The predicted molar refractivity (Wildman–Crippen MR) is 97.8 cm³/mol. The van der Waals surface area contributed by atoms with Crippen molar-refractivity contribution in [2.24, 2.45) is 0 Å². The number of hydroxylamine groups is 3. The highest BCUT2D eigenvalue weighted by molar-refractivity contribution is 6.30. The molecule has 2 aromatic rings. The summed E-state index contributed by atoms with van der Waals surface area (Å²) in [5.41, 5.74) is 2.15. The fourth-order valence-electron chi connectivity index (χ4n) is 3.30. The summed E-state index contributed by atoms with van der Waals surface area (Å²) in [4.78, 5) is 0. The Kier molecular flexibility index (Phi) is 5.90. The maximum absolute atomic E-state index is 12.7. The molecule has 0 bridgehead atoms. The maximum atomic E-state index is 12.7. The number of hydrogen-bond acceptors (Lipinski definition) is 2. The molecular formula is C20H24ClNO2. The fraction of sp³-hybridized carbons (Fsp3) is 0.400. The summed E-state index contributed by atoms with van der Waals surface area (Å²) in [5.74, 6) is 0. The quantitative estimate of drug-likeness (QED) is 0.548. The van der Waals surface area contributed by atoms with E-state index in [9.17, 15) is 5.21 Å². The number of likely N-dealkylation sites (tertiary alicyclic amines) is 1. The average molecular weight is 346 g/mol. The molecule has 0 radical (unpaired) electrons. The number of halogens is 1. The highest BCUT2D eigenvalue weighted by Crippen LogP contribution is 2.27. The summed E-state index contributed by atoms with van der Waals surface area (Å²) in [5, 5.41) is 13.4. The minimum atomic E-state index is -0.167. The lowest BCUT2D eigenvalue weighted by molar-refractivity contribution is -0.885. The number of benzene rings is 2. The van der Waals surface area contributed by atoms with Crippen molar-refractivity contribution in [2.45, 2.75) is 25.4 Å². The van der Waals surface area contributed by atoms with E-state index in [1.54, 1.807) is 0 Å². The number of piperidine rings is 1. The van der Waals surface area contributed by atoms with E-state index in [2.05, 4.69) is 12.1 Å². The van der Waals surface area contributed by atoms with Crippen molar-refractivity contribution in [1.82, 2.24) is 0 Å². The summed E-state index contributed by atoms with van der Waals surface area (Å²) >= 11 is 6.00. The topological polar surface area (TPSA) is 32.3 Å². The molecule has 1 fully saturated rings. The highest BCUT2D eigenvalue weighted by atomic mass is 35.5. The van der Waals surface area contributed by atoms with Crippen molar-refractivity contribution in [1.29, 1.82) is 0 Å². The van der Waals surface area contributed by atoms with Gasteiger partial charge in [0.2, 0.25) is 0 Å². The SMILES string of the molecule is [O-][N+]1(CCOC(c2ccccc2)c2ccc(Cl)cc2)CCCCC1. The van der Waals surface area contributed by atoms with Gasteiger partial charge in [-0.2, -0.15) is 0 Å². The van der Waals surface area contributed by atoms with E-state index in [0.29, 0.717) is 18.2 Å². The zero-order valence-electron chi connectivity index (χ0n) is 13.9. The second-order valence-electron chi connectivity index (χ2n) is 6.50. The van der Waals surface area contributed by atoms with Crippen LogP contribution in [0.2, 0.25) is 5.02 Å². The molecule has 1 unspecified atom stereocenters. The second-order valence-corrected chi connectivity index (χ2v) is 6.94. The zero-order chi connectivity index (χ0) is 16.8. The van der Waals surface area contributed by atoms with Gasteiger partial charge in [-0.1, -0.05) is 54.1 Å². The molecule has 0 N–H and O–H groups in total. The van der Waals surface area contributed by atoms with Crippen LogP contribution in [0.5, 0.6) is 0 Å². The van der Waals surface area contributed by atoms with E-state index >= 15 is 0 Å². The molecule has 2 aromatic carbocycles. The van der Waals surface area contributed by atoms with Gasteiger partial charge < -0.3 is 14.6 Å². The molecule has 0 aromatic heterocycles. The molecule has 3 nitrogen and oxygen atoms in total. The predicted octanol–water partition coefficient (Wildman–Crippen LogP) is 4.94. The van der Waals surface area contributed by atoms with Crippen molar-refractivity contribution in [3.8, 4) is 0 Å². The molecule has 24 heavy (non-hydrogen) atoms. The first kappa shape index (κ1) is 17.4. The lowest BCUT2D eigenvalue weighted by Gasteiger charge is -2.45. The van der Waals surface area contributed by atoms with E-state index in [4.69, 9.17) is 16.3 Å². The Bertz CT molecular complexity index is 624. The molecule has 1 atom stereocenters. The van der Waals surface area contributed by atoms with Gasteiger partial charge in [0, 0.05) is 5.02 Å². The normalized spacial score (nSPS) is 18.2. The standard InChI is InChI=1S/C20H24ClNO2/c21-19-11-9-18(10-12-19)20(17-7-3-1-4-8-17)24-16-15-22(23)13-5-2-6-14-22/h1,3-4,7-12,20H,2,5-6,13-16H2. The number of rotatable bonds is 6. The van der Waals surface area contributed by atoms with Crippen LogP contribution in [0.15, 0.2) is 54.6 Å². The van der Waals surface area contributed by atoms with Crippen molar-refractivity contribution < 1.29 is 9.38 Å². The van der Waals surface area contributed by atoms with E-state index in [0.717, 1.165) is 37.1 Å². The van der Waals surface area contributed by atoms with Gasteiger partial charge in [0.15, 0.2) is 0 Å². The van der Waals surface area contributed by atoms with Crippen LogP contribution in [0.25, 0.3) is 0 Å². The van der Waals surface area contributed by atoms with Crippen LogP contribution < -0.4 is 0 Å². The molecule has 0 amide bonds. The summed E-state index contributed by atoms with van der Waals surface area (Å²) < 4.78 is 6.05. The summed E-state index contributed by atoms with van der Waals surface area (Å²) in [6, 6.07) is 17.9. The molecule has 3 rings (SSSR count). The van der Waals surface area contributed by atoms with Gasteiger partial charge in [0.25, 0.3) is 0 Å². The zero-order valence-corrected chi connectivity index (χ0v) is 14.6. The molecular weight excluding hydrogens is 322 g/mol. The van der Waals surface area contributed by atoms with E-state index < -0.39 is 0 Å². The largest absolute Gasteiger partial charge is 0.633 e. The lowest BCUT2D eigenvalue weighted by Crippen LogP contribution is -2.48.